The monoisotopic (exact) mass is 339 g/mol. The van der Waals surface area contributed by atoms with E-state index < -0.39 is 5.97 Å². The van der Waals surface area contributed by atoms with Gasteiger partial charge in [0.25, 0.3) is 0 Å². The summed E-state index contributed by atoms with van der Waals surface area (Å²) in [6, 6.07) is 11.5. The van der Waals surface area contributed by atoms with E-state index in [4.69, 9.17) is 5.11 Å². The number of aromatic carboxylic acids is 1. The molecule has 0 bridgehead atoms. The molecule has 0 aliphatic carbocycles. The van der Waals surface area contributed by atoms with Crippen molar-refractivity contribution in [1.82, 2.24) is 9.88 Å². The van der Waals surface area contributed by atoms with Crippen LogP contribution >= 0.6 is 0 Å². The summed E-state index contributed by atoms with van der Waals surface area (Å²) in [6.45, 7) is 3.01. The van der Waals surface area contributed by atoms with Crippen molar-refractivity contribution >= 4 is 11.8 Å². The van der Waals surface area contributed by atoms with Crippen molar-refractivity contribution < 1.29 is 9.90 Å². The Kier molecular flexibility index (Phi) is 5.34. The number of pyridine rings is 1. The molecule has 132 valence electrons. The molecule has 1 aliphatic rings. The number of aromatic nitrogens is 1. The molecule has 1 N–H and O–H groups in total. The number of hydrogen-bond donors (Lipinski definition) is 1. The Balaban J connectivity index is 1.63. The van der Waals surface area contributed by atoms with Crippen molar-refractivity contribution in [3.05, 3.63) is 59.3 Å². The molecule has 1 fully saturated rings. The molecule has 5 nitrogen and oxygen atoms in total. The third-order valence-corrected chi connectivity index (χ3v) is 4.81. The van der Waals surface area contributed by atoms with Crippen LogP contribution in [0.5, 0.6) is 0 Å². The van der Waals surface area contributed by atoms with Crippen LogP contribution in [0.2, 0.25) is 0 Å². The van der Waals surface area contributed by atoms with Crippen LogP contribution in [-0.4, -0.2) is 48.1 Å². The van der Waals surface area contributed by atoms with Gasteiger partial charge in [-0.3, -0.25) is 4.90 Å². The van der Waals surface area contributed by atoms with Crippen LogP contribution in [0.15, 0.2) is 42.6 Å². The Morgan fingerprint density at radius 2 is 2.00 bits per heavy atom. The number of rotatable bonds is 5. The molecule has 25 heavy (non-hydrogen) atoms. The Bertz CT molecular complexity index is 711. The number of carboxylic acids is 1. The highest BCUT2D eigenvalue weighted by Crippen LogP contribution is 2.28. The first kappa shape index (κ1) is 17.4. The van der Waals surface area contributed by atoms with Gasteiger partial charge in [-0.1, -0.05) is 18.2 Å². The fourth-order valence-electron chi connectivity index (χ4n) is 3.40. The van der Waals surface area contributed by atoms with Crippen molar-refractivity contribution in [1.29, 1.82) is 0 Å². The lowest BCUT2D eigenvalue weighted by Gasteiger charge is -2.33. The Labute approximate surface area is 148 Å². The fraction of sp³-hybridized carbons (Fsp3) is 0.400. The van der Waals surface area contributed by atoms with Gasteiger partial charge in [-0.05, 0) is 54.6 Å². The molecule has 1 saturated heterocycles. The average Bonchev–Trinajstić information content (AvgIpc) is 2.62. The average molecular weight is 339 g/mol. The summed E-state index contributed by atoms with van der Waals surface area (Å²) in [6.07, 6.45) is 4.27. The third-order valence-electron chi connectivity index (χ3n) is 4.81. The van der Waals surface area contributed by atoms with Crippen molar-refractivity contribution in [2.45, 2.75) is 25.3 Å². The number of benzene rings is 1. The van der Waals surface area contributed by atoms with E-state index in [1.807, 2.05) is 37.3 Å². The summed E-state index contributed by atoms with van der Waals surface area (Å²) >= 11 is 0. The van der Waals surface area contributed by atoms with Crippen molar-refractivity contribution in [3.63, 3.8) is 0 Å². The zero-order valence-corrected chi connectivity index (χ0v) is 14.9. The molecule has 1 atom stereocenters. The maximum Gasteiger partial charge on any atom is 0.335 e. The maximum absolute atomic E-state index is 11.0. The minimum atomic E-state index is -0.870. The number of nitrogens with zero attached hydrogens (tertiary/aromatic N) is 3. The van der Waals surface area contributed by atoms with Crippen LogP contribution in [0, 0.1) is 0 Å². The third kappa shape index (κ3) is 4.37. The second-order valence-corrected chi connectivity index (χ2v) is 6.92. The van der Waals surface area contributed by atoms with Crippen molar-refractivity contribution in [3.8, 4) is 0 Å². The van der Waals surface area contributed by atoms with E-state index in [-0.39, 0.29) is 0 Å². The predicted octanol–water partition coefficient (Wildman–Crippen LogP) is 3.23. The van der Waals surface area contributed by atoms with E-state index in [1.165, 1.54) is 11.1 Å². The van der Waals surface area contributed by atoms with Crippen LogP contribution in [0.3, 0.4) is 0 Å². The van der Waals surface area contributed by atoms with Gasteiger partial charge >= 0.3 is 5.97 Å². The van der Waals surface area contributed by atoms with Crippen LogP contribution in [0.4, 0.5) is 5.82 Å². The first-order chi connectivity index (χ1) is 12.0. The van der Waals surface area contributed by atoms with Gasteiger partial charge in [-0.15, -0.1) is 0 Å². The SMILES string of the molecule is CN(C)c1ccc(CN2CCCC(c3ccc(C(=O)O)cc3)C2)cn1. The summed E-state index contributed by atoms with van der Waals surface area (Å²) < 4.78 is 0. The minimum absolute atomic E-state index is 0.350. The topological polar surface area (TPSA) is 56.7 Å². The highest BCUT2D eigenvalue weighted by atomic mass is 16.4. The Hall–Kier alpha value is -2.40. The van der Waals surface area contributed by atoms with E-state index in [2.05, 4.69) is 22.0 Å². The number of hydrogen-bond acceptors (Lipinski definition) is 4. The molecule has 0 saturated carbocycles. The highest BCUT2D eigenvalue weighted by molar-refractivity contribution is 5.87. The molecule has 0 radical (unpaired) electrons. The minimum Gasteiger partial charge on any atom is -0.478 e. The summed E-state index contributed by atoms with van der Waals surface area (Å²) in [7, 11) is 3.99. The standard InChI is InChI=1S/C20H25N3O2/c1-22(2)19-10-5-15(12-21-19)13-23-11-3-4-18(14-23)16-6-8-17(9-7-16)20(24)25/h5-10,12,18H,3-4,11,13-14H2,1-2H3,(H,24,25). The van der Waals surface area contributed by atoms with Crippen LogP contribution < -0.4 is 4.90 Å². The summed E-state index contributed by atoms with van der Waals surface area (Å²) in [5.74, 6) is 0.565. The number of piperidine rings is 1. The van der Waals surface area contributed by atoms with Gasteiger partial charge < -0.3 is 10.0 Å². The molecule has 0 spiro atoms. The van der Waals surface area contributed by atoms with Crippen LogP contribution in [0.1, 0.15) is 40.2 Å². The number of carboxylic acid groups (broad SMARTS) is 1. The zero-order valence-electron chi connectivity index (χ0n) is 14.9. The van der Waals surface area contributed by atoms with Crippen molar-refractivity contribution in [2.24, 2.45) is 0 Å². The largest absolute Gasteiger partial charge is 0.478 e. The van der Waals surface area contributed by atoms with Gasteiger partial charge in [0.2, 0.25) is 0 Å². The van der Waals surface area contributed by atoms with Gasteiger partial charge in [0, 0.05) is 33.4 Å². The van der Waals surface area contributed by atoms with E-state index >= 15 is 0 Å². The van der Waals surface area contributed by atoms with E-state index in [1.54, 1.807) is 12.1 Å². The van der Waals surface area contributed by atoms with E-state index in [0.29, 0.717) is 11.5 Å². The quantitative estimate of drug-likeness (QED) is 0.906. The van der Waals surface area contributed by atoms with E-state index in [9.17, 15) is 4.79 Å². The summed E-state index contributed by atoms with van der Waals surface area (Å²) in [5, 5.41) is 9.03. The molecule has 0 amide bonds. The number of anilines is 1. The predicted molar refractivity (Wildman–Crippen MR) is 99.2 cm³/mol. The lowest BCUT2D eigenvalue weighted by atomic mass is 9.90. The molecule has 1 unspecified atom stereocenters. The first-order valence-electron chi connectivity index (χ1n) is 8.71. The molecule has 3 rings (SSSR count). The summed E-state index contributed by atoms with van der Waals surface area (Å²) in [5.41, 5.74) is 2.81. The normalized spacial score (nSPS) is 18.1. The molecule has 1 aromatic carbocycles. The number of carbonyl (C=O) groups is 1. The lowest BCUT2D eigenvalue weighted by Crippen LogP contribution is -2.33. The van der Waals surface area contributed by atoms with Gasteiger partial charge in [-0.25, -0.2) is 9.78 Å². The maximum atomic E-state index is 11.0. The second kappa shape index (κ2) is 7.66. The Morgan fingerprint density at radius 3 is 2.60 bits per heavy atom. The van der Waals surface area contributed by atoms with Gasteiger partial charge in [0.1, 0.15) is 5.82 Å². The molecule has 5 heteroatoms. The smallest absolute Gasteiger partial charge is 0.335 e. The van der Waals surface area contributed by atoms with Gasteiger partial charge in [-0.2, -0.15) is 0 Å². The molecule has 2 heterocycles. The van der Waals surface area contributed by atoms with Gasteiger partial charge in [0.05, 0.1) is 5.56 Å². The molecular weight excluding hydrogens is 314 g/mol. The van der Waals surface area contributed by atoms with Crippen LogP contribution in [-0.2, 0) is 6.54 Å². The second-order valence-electron chi connectivity index (χ2n) is 6.92. The molecule has 1 aromatic heterocycles. The van der Waals surface area contributed by atoms with Crippen molar-refractivity contribution in [2.75, 3.05) is 32.1 Å². The van der Waals surface area contributed by atoms with Crippen LogP contribution in [0.25, 0.3) is 0 Å². The molecular formula is C20H25N3O2. The first-order valence-corrected chi connectivity index (χ1v) is 8.71. The lowest BCUT2D eigenvalue weighted by molar-refractivity contribution is 0.0697. The molecule has 2 aromatic rings. The highest BCUT2D eigenvalue weighted by Gasteiger charge is 2.21. The Morgan fingerprint density at radius 1 is 1.24 bits per heavy atom. The van der Waals surface area contributed by atoms with Gasteiger partial charge in [0.15, 0.2) is 0 Å². The number of likely N-dealkylation sites (tertiary alicyclic amines) is 1. The van der Waals surface area contributed by atoms with E-state index in [0.717, 1.165) is 38.3 Å². The fourth-order valence-corrected chi connectivity index (χ4v) is 3.40. The molecule has 1 aliphatic heterocycles. The zero-order chi connectivity index (χ0) is 17.8. The summed E-state index contributed by atoms with van der Waals surface area (Å²) in [4.78, 5) is 19.9.